The van der Waals surface area contributed by atoms with Crippen LogP contribution in [0.25, 0.3) is 0 Å². The minimum atomic E-state index is -0.692. The van der Waals surface area contributed by atoms with E-state index in [-0.39, 0.29) is 29.5 Å². The van der Waals surface area contributed by atoms with Crippen LogP contribution in [0.1, 0.15) is 10.4 Å². The number of ether oxygens (including phenoxy) is 1. The second-order valence-electron chi connectivity index (χ2n) is 4.48. The second kappa shape index (κ2) is 5.79. The number of likely N-dealkylation sites (N-methyl/N-ethyl adjacent to an activating group) is 1. The average Bonchev–Trinajstić information content (AvgIpc) is 2.48. The molecule has 2 rings (SSSR count). The number of nitrogens with one attached hydrogen (secondary N) is 1. The molecular formula is C13H17N3O4. The lowest BCUT2D eigenvalue weighted by molar-refractivity contribution is -0.130. The predicted octanol–water partition coefficient (Wildman–Crippen LogP) is -0.439. The number of nitrogens with zero attached hydrogens (tertiary/aromatic N) is 1. The van der Waals surface area contributed by atoms with E-state index in [1.54, 1.807) is 0 Å². The highest BCUT2D eigenvalue weighted by Gasteiger charge is 2.33. The number of phenolic OH excluding ortho intramolecular Hbond substituents is 1. The van der Waals surface area contributed by atoms with Gasteiger partial charge in [-0.25, -0.2) is 0 Å². The van der Waals surface area contributed by atoms with E-state index in [4.69, 9.17) is 10.5 Å². The van der Waals surface area contributed by atoms with E-state index < -0.39 is 11.9 Å². The number of hydrogen-bond acceptors (Lipinski definition) is 5. The number of carbonyl (C=O) groups excluding carboxylic acids is 2. The summed E-state index contributed by atoms with van der Waals surface area (Å²) in [5, 5.41) is 12.0. The Bertz CT molecular complexity index is 532. The highest BCUT2D eigenvalue weighted by molar-refractivity contribution is 6.01. The van der Waals surface area contributed by atoms with Crippen molar-refractivity contribution in [2.24, 2.45) is 0 Å². The summed E-state index contributed by atoms with van der Waals surface area (Å²) in [6.45, 7) is 0.800. The normalized spacial score (nSPS) is 18.6. The maximum atomic E-state index is 12.5. The van der Waals surface area contributed by atoms with E-state index in [0.29, 0.717) is 13.2 Å². The van der Waals surface area contributed by atoms with Gasteiger partial charge in [0, 0.05) is 19.3 Å². The molecule has 1 saturated heterocycles. The van der Waals surface area contributed by atoms with Gasteiger partial charge in [0.1, 0.15) is 11.8 Å². The van der Waals surface area contributed by atoms with Gasteiger partial charge in [-0.1, -0.05) is 0 Å². The first-order valence-electron chi connectivity index (χ1n) is 6.23. The first kappa shape index (κ1) is 14.1. The summed E-state index contributed by atoms with van der Waals surface area (Å²) in [6.07, 6.45) is 0. The zero-order valence-corrected chi connectivity index (χ0v) is 11.1. The Balaban J connectivity index is 2.30. The van der Waals surface area contributed by atoms with Crippen LogP contribution in [-0.4, -0.2) is 54.7 Å². The zero-order valence-electron chi connectivity index (χ0n) is 11.1. The topological polar surface area (TPSA) is 105 Å². The van der Waals surface area contributed by atoms with Crippen molar-refractivity contribution in [3.63, 3.8) is 0 Å². The van der Waals surface area contributed by atoms with E-state index in [1.165, 1.54) is 30.1 Å². The summed E-state index contributed by atoms with van der Waals surface area (Å²) in [5.74, 6) is -0.737. The van der Waals surface area contributed by atoms with Gasteiger partial charge in [-0.15, -0.1) is 0 Å². The van der Waals surface area contributed by atoms with Crippen LogP contribution in [0.5, 0.6) is 5.75 Å². The number of hydrogen-bond donors (Lipinski definition) is 3. The number of phenols is 1. The molecule has 1 aliphatic heterocycles. The molecule has 108 valence electrons. The molecule has 1 aliphatic rings. The molecule has 7 heteroatoms. The lowest BCUT2D eigenvalue weighted by Crippen LogP contribution is -2.55. The number of benzene rings is 1. The van der Waals surface area contributed by atoms with Crippen LogP contribution in [-0.2, 0) is 9.53 Å². The molecule has 1 fully saturated rings. The Hall–Kier alpha value is -2.28. The van der Waals surface area contributed by atoms with Crippen LogP contribution in [0, 0.1) is 0 Å². The number of anilines is 1. The molecular weight excluding hydrogens is 262 g/mol. The molecule has 0 aromatic heterocycles. The van der Waals surface area contributed by atoms with Gasteiger partial charge in [-0.2, -0.15) is 0 Å². The first-order valence-corrected chi connectivity index (χ1v) is 6.23. The van der Waals surface area contributed by atoms with Gasteiger partial charge < -0.3 is 25.8 Å². The van der Waals surface area contributed by atoms with Crippen LogP contribution in [0.4, 0.5) is 5.69 Å². The minimum Gasteiger partial charge on any atom is -0.508 e. The van der Waals surface area contributed by atoms with Gasteiger partial charge in [0.25, 0.3) is 5.91 Å². The summed E-state index contributed by atoms with van der Waals surface area (Å²) in [5.41, 5.74) is 6.20. The number of rotatable bonds is 2. The molecule has 7 nitrogen and oxygen atoms in total. The van der Waals surface area contributed by atoms with Gasteiger partial charge in [0.05, 0.1) is 18.8 Å². The Morgan fingerprint density at radius 1 is 1.50 bits per heavy atom. The summed E-state index contributed by atoms with van der Waals surface area (Å²) in [4.78, 5) is 25.7. The van der Waals surface area contributed by atoms with Gasteiger partial charge in [-0.3, -0.25) is 9.59 Å². The fourth-order valence-corrected chi connectivity index (χ4v) is 2.11. The third-order valence-electron chi connectivity index (χ3n) is 3.21. The number of nitrogens with two attached hydrogens (primary N) is 1. The van der Waals surface area contributed by atoms with E-state index in [9.17, 15) is 14.7 Å². The van der Waals surface area contributed by atoms with Crippen molar-refractivity contribution in [1.82, 2.24) is 10.2 Å². The largest absolute Gasteiger partial charge is 0.508 e. The number of morpholine rings is 1. The number of carbonyl (C=O) groups is 2. The molecule has 0 spiro atoms. The van der Waals surface area contributed by atoms with Crippen LogP contribution in [0.3, 0.4) is 0 Å². The van der Waals surface area contributed by atoms with Gasteiger partial charge in [-0.05, 0) is 18.2 Å². The molecule has 1 heterocycles. The van der Waals surface area contributed by atoms with Crippen LogP contribution < -0.4 is 11.1 Å². The Morgan fingerprint density at radius 2 is 2.25 bits per heavy atom. The fourth-order valence-electron chi connectivity index (χ4n) is 2.11. The smallest absolute Gasteiger partial charge is 0.256 e. The molecule has 1 atom stereocenters. The maximum Gasteiger partial charge on any atom is 0.256 e. The SMILES string of the molecule is CNC(=O)C1COCCN1C(=O)c1cc(O)ccc1N. The summed E-state index contributed by atoms with van der Waals surface area (Å²) in [6, 6.07) is 3.47. The van der Waals surface area contributed by atoms with Crippen molar-refractivity contribution in [3.05, 3.63) is 23.8 Å². The third kappa shape index (κ3) is 2.67. The van der Waals surface area contributed by atoms with E-state index in [2.05, 4.69) is 5.32 Å². The van der Waals surface area contributed by atoms with Crippen LogP contribution >= 0.6 is 0 Å². The zero-order chi connectivity index (χ0) is 14.7. The van der Waals surface area contributed by atoms with Gasteiger partial charge in [0.15, 0.2) is 0 Å². The molecule has 1 unspecified atom stereocenters. The van der Waals surface area contributed by atoms with Gasteiger partial charge >= 0.3 is 0 Å². The van der Waals surface area contributed by atoms with Crippen molar-refractivity contribution >= 4 is 17.5 Å². The molecule has 1 aromatic rings. The Morgan fingerprint density at radius 3 is 2.95 bits per heavy atom. The summed E-state index contributed by atoms with van der Waals surface area (Å²) < 4.78 is 5.24. The van der Waals surface area contributed by atoms with Crippen molar-refractivity contribution in [2.45, 2.75) is 6.04 Å². The maximum absolute atomic E-state index is 12.5. The Kier molecular flexibility index (Phi) is 4.09. The minimum absolute atomic E-state index is 0.0488. The molecule has 0 aliphatic carbocycles. The standard InChI is InChI=1S/C13H17N3O4/c1-15-12(18)11-7-20-5-4-16(11)13(19)9-6-8(17)2-3-10(9)14/h2-3,6,11,17H,4-5,7,14H2,1H3,(H,15,18). The lowest BCUT2D eigenvalue weighted by Gasteiger charge is -2.34. The fraction of sp³-hybridized carbons (Fsp3) is 0.385. The van der Waals surface area contributed by atoms with Gasteiger partial charge in [0.2, 0.25) is 5.91 Å². The third-order valence-corrected chi connectivity index (χ3v) is 3.21. The van der Waals surface area contributed by atoms with Crippen molar-refractivity contribution in [3.8, 4) is 5.75 Å². The highest BCUT2D eigenvalue weighted by atomic mass is 16.5. The second-order valence-corrected chi connectivity index (χ2v) is 4.48. The number of amides is 2. The molecule has 4 N–H and O–H groups in total. The van der Waals surface area contributed by atoms with E-state index >= 15 is 0 Å². The molecule has 20 heavy (non-hydrogen) atoms. The molecule has 1 aromatic carbocycles. The number of aromatic hydroxyl groups is 1. The van der Waals surface area contributed by atoms with Crippen LogP contribution in [0.15, 0.2) is 18.2 Å². The first-order chi connectivity index (χ1) is 9.54. The average molecular weight is 279 g/mol. The van der Waals surface area contributed by atoms with E-state index in [1.807, 2.05) is 0 Å². The monoisotopic (exact) mass is 279 g/mol. The molecule has 0 saturated carbocycles. The molecule has 0 bridgehead atoms. The molecule has 2 amide bonds. The van der Waals surface area contributed by atoms with Crippen molar-refractivity contribution < 1.29 is 19.4 Å². The quantitative estimate of drug-likeness (QED) is 0.503. The summed E-state index contributed by atoms with van der Waals surface area (Å²) >= 11 is 0. The summed E-state index contributed by atoms with van der Waals surface area (Å²) in [7, 11) is 1.50. The van der Waals surface area contributed by atoms with Crippen molar-refractivity contribution in [1.29, 1.82) is 0 Å². The Labute approximate surface area is 116 Å². The van der Waals surface area contributed by atoms with Crippen LogP contribution in [0.2, 0.25) is 0 Å². The van der Waals surface area contributed by atoms with E-state index in [0.717, 1.165) is 0 Å². The highest BCUT2D eigenvalue weighted by Crippen LogP contribution is 2.22. The van der Waals surface area contributed by atoms with Crippen molar-refractivity contribution in [2.75, 3.05) is 32.5 Å². The lowest BCUT2D eigenvalue weighted by atomic mass is 10.1. The predicted molar refractivity (Wildman–Crippen MR) is 72.2 cm³/mol. The number of nitrogen functional groups attached to an aromatic ring is 1. The molecule has 0 radical (unpaired) electrons.